The number of hydrogen-bond acceptors (Lipinski definition) is 3. The van der Waals surface area contributed by atoms with Gasteiger partial charge < -0.3 is 4.74 Å². The van der Waals surface area contributed by atoms with E-state index in [1.807, 2.05) is 36.5 Å². The van der Waals surface area contributed by atoms with E-state index in [1.54, 1.807) is 0 Å². The molecule has 3 heteroatoms. The second-order valence-electron chi connectivity index (χ2n) is 6.28. The van der Waals surface area contributed by atoms with E-state index in [4.69, 9.17) is 9.72 Å². The highest BCUT2D eigenvalue weighted by Crippen LogP contribution is 2.55. The minimum atomic E-state index is -0.0211. The van der Waals surface area contributed by atoms with Gasteiger partial charge in [0, 0.05) is 17.3 Å². The van der Waals surface area contributed by atoms with Crippen molar-refractivity contribution in [1.82, 2.24) is 4.98 Å². The highest BCUT2D eigenvalue weighted by atomic mass is 16.6. The number of benzene rings is 2. The molecule has 0 radical (unpaired) electrons. The van der Waals surface area contributed by atoms with Gasteiger partial charge in [-0.1, -0.05) is 42.5 Å². The lowest BCUT2D eigenvalue weighted by Crippen LogP contribution is -1.99. The summed E-state index contributed by atoms with van der Waals surface area (Å²) < 4.78 is 5.89. The lowest BCUT2D eigenvalue weighted by Gasteiger charge is -2.10. The second kappa shape index (κ2) is 5.02. The molecule has 0 amide bonds. The van der Waals surface area contributed by atoms with E-state index in [-0.39, 0.29) is 12.2 Å². The van der Waals surface area contributed by atoms with Crippen LogP contribution < -0.4 is 0 Å². The molecule has 2 aromatic carbocycles. The molecule has 2 heterocycles. The molecular weight excluding hydrogens is 296 g/mol. The number of pyridine rings is 1. The summed E-state index contributed by atoms with van der Waals surface area (Å²) in [6, 6.07) is 20.7. The van der Waals surface area contributed by atoms with E-state index in [9.17, 15) is 5.26 Å². The quantitative estimate of drug-likeness (QED) is 0.628. The van der Waals surface area contributed by atoms with Crippen LogP contribution in [0.2, 0.25) is 0 Å². The van der Waals surface area contributed by atoms with Crippen molar-refractivity contribution in [1.29, 1.82) is 5.26 Å². The maximum absolute atomic E-state index is 9.41. The second-order valence-corrected chi connectivity index (χ2v) is 6.28. The van der Waals surface area contributed by atoms with Crippen molar-refractivity contribution in [3.8, 4) is 17.2 Å². The molecule has 0 spiro atoms. The van der Waals surface area contributed by atoms with Crippen molar-refractivity contribution in [2.24, 2.45) is 0 Å². The van der Waals surface area contributed by atoms with Crippen molar-refractivity contribution in [3.63, 3.8) is 0 Å². The molecule has 2 atom stereocenters. The van der Waals surface area contributed by atoms with Gasteiger partial charge in [-0.2, -0.15) is 5.26 Å². The summed E-state index contributed by atoms with van der Waals surface area (Å²) in [7, 11) is 0. The standard InChI is InChI=1S/C21H14N2O/c22-11-15-8-4-7-14-9-16-10-17(13-5-2-1-3-6-13)12-23-19(16)21-20(24-21)18(14)15/h1-8,10,12,20-21H,9H2/t20-,21?/m1/s1. The molecule has 0 N–H and O–H groups in total. The van der Waals surface area contributed by atoms with Crippen LogP contribution in [0.15, 0.2) is 60.8 Å². The Bertz CT molecular complexity index is 988. The van der Waals surface area contributed by atoms with Crippen LogP contribution in [0.25, 0.3) is 11.1 Å². The average molecular weight is 310 g/mol. The van der Waals surface area contributed by atoms with E-state index in [2.05, 4.69) is 30.3 Å². The number of aromatic nitrogens is 1. The fourth-order valence-corrected chi connectivity index (χ4v) is 3.65. The zero-order valence-electron chi connectivity index (χ0n) is 12.9. The Kier molecular flexibility index (Phi) is 2.82. The smallest absolute Gasteiger partial charge is 0.131 e. The third kappa shape index (κ3) is 1.97. The molecule has 5 rings (SSSR count). The van der Waals surface area contributed by atoms with Crippen molar-refractivity contribution in [3.05, 3.63) is 88.7 Å². The Balaban J connectivity index is 1.65. The van der Waals surface area contributed by atoms with Gasteiger partial charge in [0.25, 0.3) is 0 Å². The van der Waals surface area contributed by atoms with Gasteiger partial charge in [-0.05, 0) is 35.2 Å². The van der Waals surface area contributed by atoms with Crippen LogP contribution in [-0.2, 0) is 11.2 Å². The predicted octanol–water partition coefficient (Wildman–Crippen LogP) is 4.34. The van der Waals surface area contributed by atoms with Gasteiger partial charge in [-0.3, -0.25) is 4.98 Å². The summed E-state index contributed by atoms with van der Waals surface area (Å²) in [5, 5.41) is 9.41. The van der Waals surface area contributed by atoms with E-state index in [0.717, 1.165) is 34.4 Å². The first-order valence-electron chi connectivity index (χ1n) is 8.07. The molecular formula is C21H14N2O. The fourth-order valence-electron chi connectivity index (χ4n) is 3.65. The summed E-state index contributed by atoms with van der Waals surface area (Å²) in [6.45, 7) is 0. The molecule has 1 aliphatic carbocycles. The molecule has 0 saturated carbocycles. The summed E-state index contributed by atoms with van der Waals surface area (Å²) >= 11 is 0. The van der Waals surface area contributed by atoms with Gasteiger partial charge in [-0.25, -0.2) is 0 Å². The average Bonchev–Trinajstić information content (AvgIpc) is 3.42. The zero-order chi connectivity index (χ0) is 16.1. The monoisotopic (exact) mass is 310 g/mol. The van der Waals surface area contributed by atoms with Crippen LogP contribution in [0.5, 0.6) is 0 Å². The van der Waals surface area contributed by atoms with E-state index < -0.39 is 0 Å². The number of fused-ring (bicyclic) bond motifs is 5. The zero-order valence-corrected chi connectivity index (χ0v) is 12.9. The fraction of sp³-hybridized carbons (Fsp3) is 0.143. The molecule has 114 valence electrons. The van der Waals surface area contributed by atoms with Crippen molar-refractivity contribution in [2.45, 2.75) is 18.6 Å². The van der Waals surface area contributed by atoms with Gasteiger partial charge in [0.05, 0.1) is 17.3 Å². The molecule has 1 saturated heterocycles. The molecule has 24 heavy (non-hydrogen) atoms. The highest BCUT2D eigenvalue weighted by molar-refractivity contribution is 5.64. The largest absolute Gasteiger partial charge is 0.358 e. The molecule has 1 unspecified atom stereocenters. The minimum absolute atomic E-state index is 0.0134. The Morgan fingerprint density at radius 3 is 2.67 bits per heavy atom. The molecule has 3 aromatic rings. The number of hydrogen-bond donors (Lipinski definition) is 0. The Labute approximate surface area is 140 Å². The molecule has 1 fully saturated rings. The van der Waals surface area contributed by atoms with Crippen molar-refractivity contribution >= 4 is 0 Å². The van der Waals surface area contributed by atoms with Gasteiger partial charge in [0.2, 0.25) is 0 Å². The first-order chi connectivity index (χ1) is 11.8. The SMILES string of the molecule is N#Cc1cccc2c1[C@H]1OC1c1ncc(-c3ccccc3)cc1C2. The van der Waals surface area contributed by atoms with Gasteiger partial charge in [0.15, 0.2) is 0 Å². The number of ether oxygens (including phenoxy) is 1. The van der Waals surface area contributed by atoms with Crippen LogP contribution in [0, 0.1) is 11.3 Å². The third-order valence-corrected chi connectivity index (χ3v) is 4.85. The number of rotatable bonds is 1. The Hall–Kier alpha value is -2.96. The number of nitriles is 1. The van der Waals surface area contributed by atoms with Gasteiger partial charge in [0.1, 0.15) is 12.2 Å². The maximum Gasteiger partial charge on any atom is 0.131 e. The first kappa shape index (κ1) is 13.5. The lowest BCUT2D eigenvalue weighted by atomic mass is 9.96. The maximum atomic E-state index is 9.41. The van der Waals surface area contributed by atoms with Gasteiger partial charge >= 0.3 is 0 Å². The van der Waals surface area contributed by atoms with Crippen molar-refractivity contribution < 1.29 is 4.74 Å². The molecule has 1 aliphatic heterocycles. The normalized spacial score (nSPS) is 20.1. The summed E-state index contributed by atoms with van der Waals surface area (Å²) in [6.07, 6.45) is 2.69. The van der Waals surface area contributed by atoms with Crippen LogP contribution in [-0.4, -0.2) is 4.98 Å². The summed E-state index contributed by atoms with van der Waals surface area (Å²) in [5.74, 6) is 0. The van der Waals surface area contributed by atoms with E-state index in [1.165, 1.54) is 11.1 Å². The topological polar surface area (TPSA) is 49.2 Å². The molecule has 0 bridgehead atoms. The minimum Gasteiger partial charge on any atom is -0.358 e. The predicted molar refractivity (Wildman–Crippen MR) is 90.2 cm³/mol. The van der Waals surface area contributed by atoms with Crippen LogP contribution >= 0.6 is 0 Å². The van der Waals surface area contributed by atoms with Crippen LogP contribution in [0.1, 0.15) is 40.2 Å². The molecule has 2 aliphatic rings. The lowest BCUT2D eigenvalue weighted by molar-refractivity contribution is 0.372. The Morgan fingerprint density at radius 2 is 1.83 bits per heavy atom. The first-order valence-corrected chi connectivity index (χ1v) is 8.07. The third-order valence-electron chi connectivity index (χ3n) is 4.85. The summed E-state index contributed by atoms with van der Waals surface area (Å²) in [5.41, 5.74) is 7.42. The highest BCUT2D eigenvalue weighted by Gasteiger charge is 2.47. The number of nitrogens with zero attached hydrogens (tertiary/aromatic N) is 2. The molecule has 1 aromatic heterocycles. The Morgan fingerprint density at radius 1 is 0.958 bits per heavy atom. The van der Waals surface area contributed by atoms with Crippen molar-refractivity contribution in [2.75, 3.05) is 0 Å². The number of epoxide rings is 1. The van der Waals surface area contributed by atoms with E-state index >= 15 is 0 Å². The van der Waals surface area contributed by atoms with E-state index in [0.29, 0.717) is 0 Å². The van der Waals surface area contributed by atoms with Gasteiger partial charge in [-0.15, -0.1) is 0 Å². The molecule has 3 nitrogen and oxygen atoms in total. The summed E-state index contributed by atoms with van der Waals surface area (Å²) in [4.78, 5) is 4.71. The van der Waals surface area contributed by atoms with Crippen LogP contribution in [0.4, 0.5) is 0 Å². The van der Waals surface area contributed by atoms with Crippen LogP contribution in [0.3, 0.4) is 0 Å².